The first-order valence-corrected chi connectivity index (χ1v) is 2.04. The Balaban J connectivity index is 0. The molecule has 0 unspecified atom stereocenters. The summed E-state index contributed by atoms with van der Waals surface area (Å²) in [5.41, 5.74) is 0. The quantitative estimate of drug-likeness (QED) is 0.425. The first kappa shape index (κ1) is 9.44. The maximum atomic E-state index is 4.50. The second kappa shape index (κ2) is 8.92. The van der Waals surface area contributed by atoms with E-state index in [-0.39, 0.29) is 15.5 Å². The lowest BCUT2D eigenvalue weighted by molar-refractivity contribution is 0.309. The van der Waals surface area contributed by atoms with E-state index in [9.17, 15) is 0 Å². The molecule has 0 heterocycles. The van der Waals surface area contributed by atoms with Crippen LogP contribution in [0.2, 0.25) is 0 Å². The minimum absolute atomic E-state index is 0. The van der Waals surface area contributed by atoms with Crippen molar-refractivity contribution in [2.24, 2.45) is 0 Å². The molecular weight excluding hydrogens is 100 g/mol. The van der Waals surface area contributed by atoms with Crippen molar-refractivity contribution in [3.63, 3.8) is 0 Å². The van der Waals surface area contributed by atoms with E-state index in [1.165, 1.54) is 0 Å². The van der Waals surface area contributed by atoms with Crippen LogP contribution in [0.15, 0.2) is 0 Å². The highest BCUT2D eigenvalue weighted by molar-refractivity contribution is 6.17. The van der Waals surface area contributed by atoms with Crippen LogP contribution in [0.3, 0.4) is 0 Å². The van der Waals surface area contributed by atoms with Crippen molar-refractivity contribution in [3.8, 4) is 0 Å². The molecule has 4 heteroatoms. The second-order valence-corrected chi connectivity index (χ2v) is 1.47. The predicted molar refractivity (Wildman–Crippen MR) is 23.4 cm³/mol. The molecule has 0 amide bonds. The van der Waals surface area contributed by atoms with E-state index in [2.05, 4.69) is 8.85 Å². The molecule has 2 radical (unpaired) electrons. The highest BCUT2D eigenvalue weighted by Crippen LogP contribution is 1.55. The third-order valence-corrected chi connectivity index (χ3v) is 0.500. The van der Waals surface area contributed by atoms with Crippen molar-refractivity contribution < 1.29 is 14.3 Å². The fraction of sp³-hybridized carbons (Fsp3) is 1.00. The van der Waals surface area contributed by atoms with Crippen LogP contribution < -0.4 is 0 Å². The van der Waals surface area contributed by atoms with Crippen molar-refractivity contribution in [1.29, 1.82) is 0 Å². The second-order valence-electron chi connectivity index (χ2n) is 0.492. The molecule has 3 nitrogen and oxygen atoms in total. The molecule has 0 bridgehead atoms. The summed E-state index contributed by atoms with van der Waals surface area (Å²) in [6, 6.07) is 0. The highest BCUT2D eigenvalue weighted by atomic mass is 28.3. The lowest BCUT2D eigenvalue weighted by Crippen LogP contribution is -1.93. The van der Waals surface area contributed by atoms with Crippen molar-refractivity contribution in [2.45, 2.75) is 0 Å². The molecule has 0 spiro atoms. The van der Waals surface area contributed by atoms with Gasteiger partial charge >= 0.3 is 10.0 Å². The Morgan fingerprint density at radius 1 is 1.17 bits per heavy atom. The molecule has 0 aromatic rings. The first-order valence-electron chi connectivity index (χ1n) is 1.22. The van der Waals surface area contributed by atoms with Crippen LogP contribution in [0.1, 0.15) is 0 Å². The van der Waals surface area contributed by atoms with Crippen LogP contribution in [-0.4, -0.2) is 29.7 Å². The Morgan fingerprint density at radius 3 is 1.50 bits per heavy atom. The maximum Gasteiger partial charge on any atom is 0.432 e. The topological polar surface area (TPSA) is 50.0 Å². The molecule has 0 aromatic carbocycles. The molecule has 0 rings (SSSR count). The number of rotatable bonds is 2. The Bertz CT molecular complexity index is 16.3. The fourth-order valence-electron chi connectivity index (χ4n) is 0.0833. The minimum Gasteiger partial charge on any atom is -0.412 e. The van der Waals surface area contributed by atoms with Gasteiger partial charge in [0.05, 0.1) is 0 Å². The van der Waals surface area contributed by atoms with Gasteiger partial charge in [0.15, 0.2) is 0 Å². The Morgan fingerprint density at radius 2 is 1.50 bits per heavy atom. The van der Waals surface area contributed by atoms with Gasteiger partial charge in [-0.3, -0.25) is 0 Å². The largest absolute Gasteiger partial charge is 0.432 e. The van der Waals surface area contributed by atoms with Crippen molar-refractivity contribution in [3.05, 3.63) is 0 Å². The lowest BCUT2D eigenvalue weighted by Gasteiger charge is -1.82. The van der Waals surface area contributed by atoms with E-state index >= 15 is 0 Å². The van der Waals surface area contributed by atoms with E-state index in [4.69, 9.17) is 0 Å². The normalized spacial score (nSPS) is 7.00. The third kappa shape index (κ3) is 8.94. The van der Waals surface area contributed by atoms with E-state index in [1.54, 1.807) is 14.2 Å². The van der Waals surface area contributed by atoms with Gasteiger partial charge < -0.3 is 14.3 Å². The molecule has 0 aliphatic carbocycles. The SMILES string of the molecule is CO[Si]OC.O. The third-order valence-electron chi connectivity index (χ3n) is 0.167. The summed E-state index contributed by atoms with van der Waals surface area (Å²) >= 11 is 0. The average Bonchev–Trinajstić information content (AvgIpc) is 1.41. The zero-order valence-corrected chi connectivity index (χ0v) is 4.82. The lowest BCUT2D eigenvalue weighted by atomic mass is 11.8. The van der Waals surface area contributed by atoms with Crippen LogP contribution in [0.5, 0.6) is 0 Å². The smallest absolute Gasteiger partial charge is 0.412 e. The van der Waals surface area contributed by atoms with Gasteiger partial charge in [0.2, 0.25) is 0 Å². The zero-order chi connectivity index (χ0) is 4.12. The van der Waals surface area contributed by atoms with Gasteiger partial charge in [0.25, 0.3) is 0 Å². The van der Waals surface area contributed by atoms with Gasteiger partial charge in [-0.15, -0.1) is 0 Å². The first-order chi connectivity index (χ1) is 2.41. The molecule has 0 saturated heterocycles. The summed E-state index contributed by atoms with van der Waals surface area (Å²) in [7, 11) is 3.40. The van der Waals surface area contributed by atoms with E-state index in [1.807, 2.05) is 0 Å². The van der Waals surface area contributed by atoms with Crippen molar-refractivity contribution in [2.75, 3.05) is 14.2 Å². The number of hydrogen-bond donors (Lipinski definition) is 0. The monoisotopic (exact) mass is 108 g/mol. The van der Waals surface area contributed by atoms with Gasteiger partial charge in [-0.2, -0.15) is 0 Å². The Hall–Kier alpha value is 0.0969. The molecule has 0 saturated carbocycles. The summed E-state index contributed by atoms with van der Waals surface area (Å²) < 4.78 is 8.99. The van der Waals surface area contributed by atoms with Gasteiger partial charge in [-0.05, 0) is 0 Å². The molecule has 0 aromatic heterocycles. The summed E-state index contributed by atoms with van der Waals surface area (Å²) in [4.78, 5) is 0. The van der Waals surface area contributed by atoms with E-state index in [0.717, 1.165) is 0 Å². The predicted octanol–water partition coefficient (Wildman–Crippen LogP) is -1.01. The standard InChI is InChI=1S/C2H6O2Si.H2O/c1-3-5-4-2;/h1-2H3;1H2. The average molecular weight is 108 g/mol. The molecular formula is C2H8O3Si. The molecule has 0 atom stereocenters. The maximum absolute atomic E-state index is 4.50. The van der Waals surface area contributed by atoms with Gasteiger partial charge in [0, 0.05) is 14.2 Å². The van der Waals surface area contributed by atoms with Crippen LogP contribution in [0.4, 0.5) is 0 Å². The summed E-state index contributed by atoms with van der Waals surface area (Å²) in [6.07, 6.45) is 0. The summed E-state index contributed by atoms with van der Waals surface area (Å²) in [5.74, 6) is 0. The van der Waals surface area contributed by atoms with Gasteiger partial charge in [0.1, 0.15) is 0 Å². The van der Waals surface area contributed by atoms with Gasteiger partial charge in [-0.25, -0.2) is 0 Å². The summed E-state index contributed by atoms with van der Waals surface area (Å²) in [6.45, 7) is 0. The fourth-order valence-corrected chi connectivity index (χ4v) is 0.250. The van der Waals surface area contributed by atoms with Crippen molar-refractivity contribution >= 4 is 10.0 Å². The minimum atomic E-state index is 0. The molecule has 0 aliphatic heterocycles. The molecule has 38 valence electrons. The Labute approximate surface area is 39.6 Å². The summed E-state index contributed by atoms with van der Waals surface area (Å²) in [5, 5.41) is 0. The van der Waals surface area contributed by atoms with Crippen LogP contribution in [0, 0.1) is 0 Å². The van der Waals surface area contributed by atoms with Crippen LogP contribution in [-0.2, 0) is 8.85 Å². The zero-order valence-electron chi connectivity index (χ0n) is 3.82. The van der Waals surface area contributed by atoms with E-state index < -0.39 is 0 Å². The highest BCUT2D eigenvalue weighted by Gasteiger charge is 1.73. The van der Waals surface area contributed by atoms with Crippen LogP contribution >= 0.6 is 0 Å². The van der Waals surface area contributed by atoms with Crippen LogP contribution in [0.25, 0.3) is 0 Å². The molecule has 0 aliphatic rings. The van der Waals surface area contributed by atoms with Gasteiger partial charge in [-0.1, -0.05) is 0 Å². The van der Waals surface area contributed by atoms with Crippen molar-refractivity contribution in [1.82, 2.24) is 0 Å². The molecule has 0 fully saturated rings. The number of hydrogen-bond acceptors (Lipinski definition) is 2. The molecule has 6 heavy (non-hydrogen) atoms. The molecule has 2 N–H and O–H groups in total. The Kier molecular flexibility index (Phi) is 14.0. The van der Waals surface area contributed by atoms with E-state index in [0.29, 0.717) is 0 Å².